The van der Waals surface area contributed by atoms with Gasteiger partial charge in [0.05, 0.1) is 0 Å². The van der Waals surface area contributed by atoms with Crippen LogP contribution in [-0.2, 0) is 31.0 Å². The van der Waals surface area contributed by atoms with Crippen LogP contribution in [0.25, 0.3) is 5.73 Å². The largest absolute Gasteiger partial charge is 0.671 e. The molecule has 3 heteroatoms. The molecule has 0 radical (unpaired) electrons. The Bertz CT molecular complexity index is 22.0. The van der Waals surface area contributed by atoms with E-state index in [0.29, 0.717) is 0 Å². The van der Waals surface area contributed by atoms with E-state index in [1.807, 2.05) is 0 Å². The van der Waals surface area contributed by atoms with Crippen molar-refractivity contribution in [1.29, 1.82) is 0 Å². The fourth-order valence-electron chi connectivity index (χ4n) is 0. The predicted octanol–water partition coefficient (Wildman–Crippen LogP) is 3.55. The van der Waals surface area contributed by atoms with Crippen LogP contribution in [0.3, 0.4) is 0 Å². The van der Waals surface area contributed by atoms with Crippen LogP contribution in [0.2, 0.25) is 0 Å². The predicted molar refractivity (Wildman–Crippen MR) is 54.5 cm³/mol. The van der Waals surface area contributed by atoms with Crippen molar-refractivity contribution in [2.75, 3.05) is 0 Å². The Balaban J connectivity index is -0.00000000933. The smallest absolute Gasteiger partial charge is 0.0344 e. The van der Waals surface area contributed by atoms with Crippen LogP contribution in [0.4, 0.5) is 0 Å². The number of hydrogen-bond acceptors (Lipinski definition) is 1. The molecule has 1 amide bonds. The van der Waals surface area contributed by atoms with Gasteiger partial charge < -0.3 is 38.2 Å². The van der Waals surface area contributed by atoms with Crippen molar-refractivity contribution in [2.24, 2.45) is 0 Å². The van der Waals surface area contributed by atoms with Gasteiger partial charge in [0, 0.05) is 32.6 Å². The van der Waals surface area contributed by atoms with Gasteiger partial charge in [0.2, 0.25) is 0 Å². The van der Waals surface area contributed by atoms with Crippen molar-refractivity contribution >= 4 is 6.41 Å². The van der Waals surface area contributed by atoms with E-state index in [4.69, 9.17) is 10.5 Å². The topological polar surface area (TPSA) is 40.9 Å². The zero-order valence-electron chi connectivity index (χ0n) is 8.81. The quantitative estimate of drug-likeness (QED) is 0.479. The molecule has 0 saturated heterocycles. The Labute approximate surface area is 98.4 Å². The van der Waals surface area contributed by atoms with Crippen LogP contribution >= 0.6 is 0 Å². The molecule has 2 nitrogen and oxygen atoms in total. The summed E-state index contributed by atoms with van der Waals surface area (Å²) >= 11 is 0. The Kier molecular flexibility index (Phi) is 2180. The second-order valence-corrected chi connectivity index (χ2v) is 0.118. The Morgan fingerprint density at radius 3 is 0.833 bits per heavy atom. The van der Waals surface area contributed by atoms with E-state index in [2.05, 4.69) is 27.7 Å². The number of amides is 1. The third-order valence-electron chi connectivity index (χ3n) is 0. The second-order valence-electron chi connectivity index (χ2n) is 0.118. The third kappa shape index (κ3) is 7260. The van der Waals surface area contributed by atoms with Gasteiger partial charge in [-0.1, -0.05) is 0 Å². The molecular formula is C9H22NOZr-5. The molecule has 0 aromatic rings. The summed E-state index contributed by atoms with van der Waals surface area (Å²) in [6.07, 6.45) is 0. The van der Waals surface area contributed by atoms with Crippen molar-refractivity contribution in [1.82, 2.24) is 0 Å². The first kappa shape index (κ1) is 39.4. The summed E-state index contributed by atoms with van der Waals surface area (Å²) in [4.78, 5) is 8.47. The van der Waals surface area contributed by atoms with Gasteiger partial charge in [-0.3, -0.25) is 0 Å². The molecular weight excluding hydrogens is 229 g/mol. The first-order valence-corrected chi connectivity index (χ1v) is 3.35. The Morgan fingerprint density at radius 2 is 0.833 bits per heavy atom. The molecule has 1 N–H and O–H groups in total. The van der Waals surface area contributed by atoms with Crippen molar-refractivity contribution < 1.29 is 31.0 Å². The summed E-state index contributed by atoms with van der Waals surface area (Å²) in [7, 11) is 0. The van der Waals surface area contributed by atoms with E-state index in [-0.39, 0.29) is 32.6 Å². The minimum absolute atomic E-state index is 0. The Hall–Kier alpha value is 0.353. The zero-order chi connectivity index (χ0) is 10.7. The maximum absolute atomic E-state index is 8.47. The van der Waals surface area contributed by atoms with Gasteiger partial charge in [-0.15, -0.1) is 0 Å². The molecule has 78 valence electrons. The van der Waals surface area contributed by atoms with Crippen LogP contribution < -0.4 is 0 Å². The summed E-state index contributed by atoms with van der Waals surface area (Å²) in [5, 5.41) is 0. The maximum atomic E-state index is 8.47. The van der Waals surface area contributed by atoms with E-state index < -0.39 is 0 Å². The van der Waals surface area contributed by atoms with Crippen molar-refractivity contribution in [2.45, 2.75) is 27.7 Å². The maximum Gasteiger partial charge on any atom is 0.0344 e. The van der Waals surface area contributed by atoms with Crippen LogP contribution in [0.5, 0.6) is 0 Å². The molecule has 0 fully saturated rings. The molecule has 0 aliphatic rings. The van der Waals surface area contributed by atoms with Crippen molar-refractivity contribution in [3.8, 4) is 0 Å². The van der Waals surface area contributed by atoms with Crippen molar-refractivity contribution in [3.63, 3.8) is 0 Å². The monoisotopic (exact) mass is 250 g/mol. The van der Waals surface area contributed by atoms with E-state index in [1.165, 1.54) is 0 Å². The first-order valence-electron chi connectivity index (χ1n) is 3.35. The molecule has 0 aliphatic heterocycles. The number of carbonyl (C=O) groups is 1. The second kappa shape index (κ2) is 665. The summed E-state index contributed by atoms with van der Waals surface area (Å²) < 4.78 is 0. The molecule has 0 rings (SSSR count). The van der Waals surface area contributed by atoms with Gasteiger partial charge in [-0.05, 0) is 0 Å². The van der Waals surface area contributed by atoms with Crippen molar-refractivity contribution in [3.05, 3.63) is 33.4 Å². The van der Waals surface area contributed by atoms with Crippen LogP contribution in [0.15, 0.2) is 0 Å². The van der Waals surface area contributed by atoms with Crippen LogP contribution in [0, 0.1) is 27.7 Å². The molecule has 0 aromatic heterocycles. The van der Waals surface area contributed by atoms with Gasteiger partial charge in [0.25, 0.3) is 0 Å². The minimum atomic E-state index is 0. The van der Waals surface area contributed by atoms with E-state index in [1.54, 1.807) is 27.7 Å². The average Bonchev–Trinajstić information content (AvgIpc) is 2.18. The van der Waals surface area contributed by atoms with E-state index >= 15 is 0 Å². The average molecular weight is 252 g/mol. The van der Waals surface area contributed by atoms with Gasteiger partial charge in [0.15, 0.2) is 0 Å². The fraction of sp³-hybridized carbons (Fsp3) is 0.444. The molecule has 0 unspecified atom stereocenters. The van der Waals surface area contributed by atoms with E-state index in [9.17, 15) is 0 Å². The summed E-state index contributed by atoms with van der Waals surface area (Å²) in [6.45, 7) is 20.0. The third-order valence-corrected chi connectivity index (χ3v) is 0. The van der Waals surface area contributed by atoms with Gasteiger partial charge in [-0.2, -0.15) is 27.7 Å². The SMILES string of the molecule is [CH2-]C.[CH2-]C.[CH2-]C.[CH2-]C.[NH-]C=O.[Zr]. The summed E-state index contributed by atoms with van der Waals surface area (Å²) in [6, 6.07) is 0. The zero-order valence-corrected chi connectivity index (χ0v) is 11.3. The minimum Gasteiger partial charge on any atom is -0.671 e. The molecule has 12 heavy (non-hydrogen) atoms. The number of nitrogens with one attached hydrogen (secondary N) is 1. The van der Waals surface area contributed by atoms with Gasteiger partial charge in [-0.25, -0.2) is 0 Å². The summed E-state index contributed by atoms with van der Waals surface area (Å²) in [5.41, 5.74) is 5.53. The number of hydrogen-bond donors (Lipinski definition) is 0. The standard InChI is InChI=1S/4C2H5.CH3NO.Zr/c4*1-2;2-1-3;/h4*1H2,2H3;1H,(H2,2,3);/q4*-1;;/p-1. The first-order chi connectivity index (χ1) is 5.41. The number of rotatable bonds is 0. The van der Waals surface area contributed by atoms with Crippen LogP contribution in [0.1, 0.15) is 27.7 Å². The van der Waals surface area contributed by atoms with Gasteiger partial charge in [0.1, 0.15) is 0 Å². The molecule has 0 bridgehead atoms. The molecule has 0 aliphatic carbocycles. The number of carbonyl (C=O) groups excluding carboxylic acids is 1. The molecule has 0 aromatic carbocycles. The Morgan fingerprint density at radius 1 is 0.833 bits per heavy atom. The van der Waals surface area contributed by atoms with E-state index in [0.717, 1.165) is 0 Å². The molecule has 0 heterocycles. The molecule has 0 spiro atoms. The summed E-state index contributed by atoms with van der Waals surface area (Å²) in [5.74, 6) is 0. The molecule has 0 saturated carbocycles. The van der Waals surface area contributed by atoms with Gasteiger partial charge >= 0.3 is 0 Å². The molecule has 0 atom stereocenters. The van der Waals surface area contributed by atoms with Crippen LogP contribution in [-0.4, -0.2) is 6.41 Å². The fourth-order valence-corrected chi connectivity index (χ4v) is 0. The normalized spacial score (nSPS) is 3.00.